The Labute approximate surface area is 100 Å². The zero-order valence-corrected chi connectivity index (χ0v) is 9.58. The van der Waals surface area contributed by atoms with Crippen LogP contribution in [0.15, 0.2) is 24.4 Å². The van der Waals surface area contributed by atoms with Crippen LogP contribution < -0.4 is 0 Å². The minimum Gasteiger partial charge on any atom is -0.481 e. The van der Waals surface area contributed by atoms with E-state index in [2.05, 4.69) is 9.88 Å². The predicted molar refractivity (Wildman–Crippen MR) is 61.6 cm³/mol. The van der Waals surface area contributed by atoms with Gasteiger partial charge in [-0.2, -0.15) is 0 Å². The molecule has 1 aliphatic heterocycles. The van der Waals surface area contributed by atoms with Gasteiger partial charge in [0.2, 0.25) is 0 Å². The fourth-order valence-corrected chi connectivity index (χ4v) is 2.05. The van der Waals surface area contributed by atoms with E-state index < -0.39 is 5.97 Å². The van der Waals surface area contributed by atoms with Gasteiger partial charge in [-0.25, -0.2) is 0 Å². The van der Waals surface area contributed by atoms with Crippen LogP contribution in [0.2, 0.25) is 0 Å². The highest BCUT2D eigenvalue weighted by atomic mass is 16.5. The number of pyridine rings is 1. The summed E-state index contributed by atoms with van der Waals surface area (Å²) in [6, 6.07) is 5.44. The molecule has 1 aromatic heterocycles. The summed E-state index contributed by atoms with van der Waals surface area (Å²) in [6.45, 7) is 2.83. The number of carboxylic acid groups (broad SMARTS) is 1. The van der Waals surface area contributed by atoms with E-state index in [-0.39, 0.29) is 12.5 Å². The number of carbonyl (C=O) groups is 1. The van der Waals surface area contributed by atoms with Crippen molar-refractivity contribution in [2.24, 2.45) is 0 Å². The molecule has 17 heavy (non-hydrogen) atoms. The number of morpholine rings is 1. The molecule has 1 aliphatic rings. The van der Waals surface area contributed by atoms with E-state index in [9.17, 15) is 4.79 Å². The minimum absolute atomic E-state index is 0.0804. The lowest BCUT2D eigenvalue weighted by Gasteiger charge is -2.33. The zero-order chi connectivity index (χ0) is 12.1. The molecule has 0 spiro atoms. The molecule has 1 unspecified atom stereocenters. The third kappa shape index (κ3) is 3.25. The van der Waals surface area contributed by atoms with E-state index in [0.29, 0.717) is 13.2 Å². The lowest BCUT2D eigenvalue weighted by molar-refractivity contribution is -0.139. The smallest absolute Gasteiger partial charge is 0.305 e. The van der Waals surface area contributed by atoms with Crippen LogP contribution in [0, 0.1) is 0 Å². The number of aromatic nitrogens is 1. The van der Waals surface area contributed by atoms with Crippen molar-refractivity contribution in [1.29, 1.82) is 0 Å². The number of carboxylic acids is 1. The first kappa shape index (κ1) is 12.0. The van der Waals surface area contributed by atoms with Crippen molar-refractivity contribution in [3.8, 4) is 0 Å². The van der Waals surface area contributed by atoms with Crippen LogP contribution in [-0.2, 0) is 9.53 Å². The second kappa shape index (κ2) is 5.75. The molecular formula is C12H16N2O3. The first-order valence-electron chi connectivity index (χ1n) is 5.72. The minimum atomic E-state index is -0.799. The molecule has 0 aliphatic carbocycles. The maximum atomic E-state index is 10.9. The molecule has 1 atom stereocenters. The Hall–Kier alpha value is -1.46. The summed E-state index contributed by atoms with van der Waals surface area (Å²) in [5, 5.41) is 8.99. The predicted octanol–water partition coefficient (Wildman–Crippen LogP) is 0.930. The number of ether oxygens (including phenoxy) is 1. The van der Waals surface area contributed by atoms with Gasteiger partial charge in [0.05, 0.1) is 31.4 Å². The molecule has 2 rings (SSSR count). The van der Waals surface area contributed by atoms with Gasteiger partial charge >= 0.3 is 5.97 Å². The fraction of sp³-hybridized carbons (Fsp3) is 0.500. The summed E-state index contributed by atoms with van der Waals surface area (Å²) in [4.78, 5) is 17.3. The molecule has 1 saturated heterocycles. The molecule has 0 saturated carbocycles. The Balaban J connectivity index is 2.15. The van der Waals surface area contributed by atoms with Crippen molar-refractivity contribution < 1.29 is 14.6 Å². The summed E-state index contributed by atoms with van der Waals surface area (Å²) < 4.78 is 5.28. The molecule has 0 radical (unpaired) electrons. The van der Waals surface area contributed by atoms with E-state index in [1.165, 1.54) is 0 Å². The molecular weight excluding hydrogens is 220 g/mol. The highest BCUT2D eigenvalue weighted by Gasteiger charge is 2.25. The van der Waals surface area contributed by atoms with Crippen LogP contribution >= 0.6 is 0 Å². The maximum Gasteiger partial charge on any atom is 0.305 e. The number of hydrogen-bond acceptors (Lipinski definition) is 4. The van der Waals surface area contributed by atoms with E-state index in [0.717, 1.165) is 18.8 Å². The number of nitrogens with zero attached hydrogens (tertiary/aromatic N) is 2. The molecule has 1 fully saturated rings. The third-order valence-electron chi connectivity index (χ3n) is 2.88. The lowest BCUT2D eigenvalue weighted by atomic mass is 10.1. The summed E-state index contributed by atoms with van der Waals surface area (Å²) >= 11 is 0. The second-order valence-corrected chi connectivity index (χ2v) is 4.02. The van der Waals surface area contributed by atoms with Crippen molar-refractivity contribution in [2.45, 2.75) is 12.5 Å². The van der Waals surface area contributed by atoms with Crippen LogP contribution in [0.3, 0.4) is 0 Å². The zero-order valence-electron chi connectivity index (χ0n) is 9.58. The van der Waals surface area contributed by atoms with Gasteiger partial charge in [0.15, 0.2) is 0 Å². The van der Waals surface area contributed by atoms with Crippen LogP contribution in [0.4, 0.5) is 0 Å². The Kier molecular flexibility index (Phi) is 4.06. The first-order chi connectivity index (χ1) is 8.27. The van der Waals surface area contributed by atoms with Crippen molar-refractivity contribution >= 4 is 5.97 Å². The van der Waals surface area contributed by atoms with Crippen LogP contribution in [-0.4, -0.2) is 47.3 Å². The molecule has 5 heteroatoms. The van der Waals surface area contributed by atoms with Crippen molar-refractivity contribution in [1.82, 2.24) is 9.88 Å². The topological polar surface area (TPSA) is 62.7 Å². The van der Waals surface area contributed by atoms with Crippen molar-refractivity contribution in [2.75, 3.05) is 26.3 Å². The van der Waals surface area contributed by atoms with Gasteiger partial charge in [-0.05, 0) is 12.1 Å². The Morgan fingerprint density at radius 1 is 1.47 bits per heavy atom. The van der Waals surface area contributed by atoms with E-state index in [4.69, 9.17) is 9.84 Å². The number of hydrogen-bond donors (Lipinski definition) is 1. The molecule has 1 N–H and O–H groups in total. The average molecular weight is 236 g/mol. The van der Waals surface area contributed by atoms with E-state index in [1.54, 1.807) is 6.20 Å². The van der Waals surface area contributed by atoms with Crippen LogP contribution in [0.25, 0.3) is 0 Å². The molecule has 2 heterocycles. The first-order valence-corrected chi connectivity index (χ1v) is 5.72. The average Bonchev–Trinajstić information content (AvgIpc) is 2.38. The number of aliphatic carboxylic acids is 1. The molecule has 5 nitrogen and oxygen atoms in total. The summed E-state index contributed by atoms with van der Waals surface area (Å²) in [7, 11) is 0. The normalized spacial score (nSPS) is 18.8. The Bertz CT molecular complexity index is 363. The van der Waals surface area contributed by atoms with Crippen molar-refractivity contribution in [3.05, 3.63) is 30.1 Å². The SMILES string of the molecule is O=C(O)CC(c1ccccn1)N1CCOCC1. The van der Waals surface area contributed by atoms with Gasteiger partial charge in [-0.1, -0.05) is 6.07 Å². The highest BCUT2D eigenvalue weighted by molar-refractivity contribution is 5.67. The van der Waals surface area contributed by atoms with Gasteiger partial charge in [-0.15, -0.1) is 0 Å². The van der Waals surface area contributed by atoms with Crippen molar-refractivity contribution in [3.63, 3.8) is 0 Å². The molecule has 92 valence electrons. The Morgan fingerprint density at radius 2 is 2.24 bits per heavy atom. The van der Waals surface area contributed by atoms with E-state index in [1.807, 2.05) is 18.2 Å². The second-order valence-electron chi connectivity index (χ2n) is 4.02. The monoisotopic (exact) mass is 236 g/mol. The summed E-state index contributed by atoms with van der Waals surface area (Å²) in [5.41, 5.74) is 0.816. The van der Waals surface area contributed by atoms with Crippen LogP contribution in [0.5, 0.6) is 0 Å². The summed E-state index contributed by atoms with van der Waals surface area (Å²) in [6.07, 6.45) is 1.78. The Morgan fingerprint density at radius 3 is 2.82 bits per heavy atom. The number of rotatable bonds is 4. The molecule has 0 amide bonds. The van der Waals surface area contributed by atoms with Gasteiger partial charge in [0.25, 0.3) is 0 Å². The molecule has 0 bridgehead atoms. The molecule has 0 aromatic carbocycles. The largest absolute Gasteiger partial charge is 0.481 e. The van der Waals surface area contributed by atoms with Gasteiger partial charge in [-0.3, -0.25) is 14.7 Å². The van der Waals surface area contributed by atoms with E-state index >= 15 is 0 Å². The third-order valence-corrected chi connectivity index (χ3v) is 2.88. The quantitative estimate of drug-likeness (QED) is 0.842. The maximum absolute atomic E-state index is 10.9. The fourth-order valence-electron chi connectivity index (χ4n) is 2.05. The van der Waals surface area contributed by atoms with Gasteiger partial charge in [0.1, 0.15) is 0 Å². The standard InChI is InChI=1S/C12H16N2O3/c15-12(16)9-11(10-3-1-2-4-13-10)14-5-7-17-8-6-14/h1-4,11H,5-9H2,(H,15,16). The van der Waals surface area contributed by atoms with Gasteiger partial charge < -0.3 is 9.84 Å². The summed E-state index contributed by atoms with van der Waals surface area (Å²) in [5.74, 6) is -0.799. The molecule has 1 aromatic rings. The van der Waals surface area contributed by atoms with Crippen LogP contribution in [0.1, 0.15) is 18.2 Å². The lowest BCUT2D eigenvalue weighted by Crippen LogP contribution is -2.40. The van der Waals surface area contributed by atoms with Gasteiger partial charge in [0, 0.05) is 19.3 Å². The highest BCUT2D eigenvalue weighted by Crippen LogP contribution is 2.23.